The van der Waals surface area contributed by atoms with Crippen LogP contribution < -0.4 is 5.32 Å². The summed E-state index contributed by atoms with van der Waals surface area (Å²) in [6.07, 6.45) is -3.27. The van der Waals surface area contributed by atoms with E-state index in [0.29, 0.717) is 6.61 Å². The lowest BCUT2D eigenvalue weighted by Crippen LogP contribution is -2.64. The van der Waals surface area contributed by atoms with Crippen molar-refractivity contribution in [1.82, 2.24) is 5.32 Å². The molecule has 1 amide bonds. The third-order valence-electron chi connectivity index (χ3n) is 3.62. The monoisotopic (exact) mass is 347 g/mol. The van der Waals surface area contributed by atoms with Crippen molar-refractivity contribution in [2.45, 2.75) is 77.1 Å². The van der Waals surface area contributed by atoms with Gasteiger partial charge in [0.1, 0.15) is 12.1 Å². The number of hydrogen-bond acceptors (Lipinski definition) is 6. The lowest BCUT2D eigenvalue weighted by Gasteiger charge is -2.43. The van der Waals surface area contributed by atoms with E-state index in [1.807, 2.05) is 0 Å². The van der Waals surface area contributed by atoms with Gasteiger partial charge in [0.25, 0.3) is 0 Å². The number of nitrogens with one attached hydrogen (secondary N) is 1. The van der Waals surface area contributed by atoms with Crippen LogP contribution in [0, 0.1) is 0 Å². The number of esters is 1. The maximum atomic E-state index is 11.5. The lowest BCUT2D eigenvalue weighted by atomic mass is 9.97. The summed E-state index contributed by atoms with van der Waals surface area (Å²) in [5.74, 6) is -0.837. The summed E-state index contributed by atoms with van der Waals surface area (Å²) < 4.78 is 16.7. The number of amides is 1. The van der Waals surface area contributed by atoms with Gasteiger partial charge < -0.3 is 24.6 Å². The Morgan fingerprint density at radius 2 is 1.87 bits per heavy atom. The third kappa shape index (κ3) is 6.58. The van der Waals surface area contributed by atoms with E-state index in [1.54, 1.807) is 6.92 Å². The Morgan fingerprint density at radius 3 is 2.35 bits per heavy atom. The Labute approximate surface area is 138 Å². The molecule has 0 unspecified atom stereocenters. The van der Waals surface area contributed by atoms with Crippen LogP contribution in [0.15, 0.2) is 0 Å². The first-order valence-corrected chi connectivity index (χ1v) is 11.6. The molecule has 23 heavy (non-hydrogen) atoms. The minimum atomic E-state index is -1.27. The van der Waals surface area contributed by atoms with Crippen molar-refractivity contribution in [2.75, 3.05) is 6.61 Å². The van der Waals surface area contributed by atoms with E-state index < -0.39 is 44.7 Å². The molecule has 0 spiro atoms. The van der Waals surface area contributed by atoms with Crippen LogP contribution in [0.2, 0.25) is 25.7 Å². The van der Waals surface area contributed by atoms with Crippen LogP contribution in [0.25, 0.3) is 0 Å². The van der Waals surface area contributed by atoms with Crippen molar-refractivity contribution in [1.29, 1.82) is 0 Å². The molecule has 0 aromatic rings. The molecular weight excluding hydrogens is 318 g/mol. The summed E-state index contributed by atoms with van der Waals surface area (Å²) in [6.45, 7) is 11.5. The molecule has 1 fully saturated rings. The first-order valence-electron chi connectivity index (χ1n) is 7.90. The van der Waals surface area contributed by atoms with Gasteiger partial charge in [0.15, 0.2) is 12.4 Å². The highest BCUT2D eigenvalue weighted by molar-refractivity contribution is 6.76. The summed E-state index contributed by atoms with van der Waals surface area (Å²) in [5.41, 5.74) is 0. The molecule has 134 valence electrons. The molecule has 0 aliphatic carbocycles. The average Bonchev–Trinajstić information content (AvgIpc) is 2.37. The number of hydrogen-bond donors (Lipinski definition) is 2. The molecular formula is C15H29NO6Si. The van der Waals surface area contributed by atoms with Crippen LogP contribution in [0.1, 0.15) is 20.8 Å². The zero-order valence-electron chi connectivity index (χ0n) is 14.8. The fourth-order valence-corrected chi connectivity index (χ4v) is 3.09. The van der Waals surface area contributed by atoms with E-state index in [0.717, 1.165) is 6.04 Å². The molecule has 5 atom stereocenters. The van der Waals surface area contributed by atoms with Gasteiger partial charge >= 0.3 is 5.97 Å². The molecule has 1 saturated heterocycles. The van der Waals surface area contributed by atoms with Crippen molar-refractivity contribution in [3.05, 3.63) is 0 Å². The lowest BCUT2D eigenvalue weighted by molar-refractivity contribution is -0.262. The SMILES string of the molecule is CC(=O)N[C@H]1[C@H](OCC[Si](C)(C)C)O[C@H](C)[C@@H](O)[C@@H]1OC(C)=O. The van der Waals surface area contributed by atoms with Gasteiger partial charge in [-0.25, -0.2) is 0 Å². The average molecular weight is 347 g/mol. The van der Waals surface area contributed by atoms with Crippen molar-refractivity contribution in [3.63, 3.8) is 0 Å². The van der Waals surface area contributed by atoms with Gasteiger partial charge in [-0.05, 0) is 13.0 Å². The second kappa shape index (κ2) is 8.23. The van der Waals surface area contributed by atoms with Gasteiger partial charge in [0, 0.05) is 28.5 Å². The van der Waals surface area contributed by atoms with Crippen LogP contribution in [-0.4, -0.2) is 62.3 Å². The molecule has 0 aromatic heterocycles. The first kappa shape index (κ1) is 20.1. The number of ether oxygens (including phenoxy) is 3. The Hall–Kier alpha value is -0.963. The van der Waals surface area contributed by atoms with Crippen molar-refractivity contribution < 1.29 is 28.9 Å². The van der Waals surface area contributed by atoms with Crippen molar-refractivity contribution >= 4 is 20.0 Å². The summed E-state index contributed by atoms with van der Waals surface area (Å²) in [6, 6.07) is 0.193. The Balaban J connectivity index is 2.86. The molecule has 0 saturated carbocycles. The predicted octanol–water partition coefficient (Wildman–Crippen LogP) is 0.883. The van der Waals surface area contributed by atoms with E-state index in [4.69, 9.17) is 14.2 Å². The van der Waals surface area contributed by atoms with Crippen LogP contribution in [0.5, 0.6) is 0 Å². The van der Waals surface area contributed by atoms with Crippen LogP contribution in [-0.2, 0) is 23.8 Å². The number of aliphatic hydroxyl groups excluding tert-OH is 1. The summed E-state index contributed by atoms with van der Waals surface area (Å²) in [7, 11) is -1.27. The smallest absolute Gasteiger partial charge is 0.303 e. The van der Waals surface area contributed by atoms with E-state index >= 15 is 0 Å². The van der Waals surface area contributed by atoms with Gasteiger partial charge in [-0.1, -0.05) is 19.6 Å². The third-order valence-corrected chi connectivity index (χ3v) is 5.32. The number of aliphatic hydroxyl groups is 1. The largest absolute Gasteiger partial charge is 0.457 e. The second-order valence-corrected chi connectivity index (χ2v) is 12.8. The molecule has 1 rings (SSSR count). The van der Waals surface area contributed by atoms with E-state index in [1.165, 1.54) is 13.8 Å². The van der Waals surface area contributed by atoms with Gasteiger partial charge in [-0.15, -0.1) is 0 Å². The zero-order chi connectivity index (χ0) is 17.8. The summed E-state index contributed by atoms with van der Waals surface area (Å²) in [5, 5.41) is 12.9. The van der Waals surface area contributed by atoms with Crippen LogP contribution in [0.4, 0.5) is 0 Å². The van der Waals surface area contributed by atoms with Gasteiger partial charge in [0.05, 0.1) is 6.10 Å². The molecule has 8 heteroatoms. The van der Waals surface area contributed by atoms with Gasteiger partial charge in [-0.2, -0.15) is 0 Å². The molecule has 1 aliphatic rings. The fourth-order valence-electron chi connectivity index (χ4n) is 2.35. The quantitative estimate of drug-likeness (QED) is 0.547. The predicted molar refractivity (Wildman–Crippen MR) is 87.6 cm³/mol. The van der Waals surface area contributed by atoms with Crippen molar-refractivity contribution in [3.8, 4) is 0 Å². The zero-order valence-corrected chi connectivity index (χ0v) is 15.8. The normalized spacial score (nSPS) is 31.5. The molecule has 1 heterocycles. The van der Waals surface area contributed by atoms with Gasteiger partial charge in [0.2, 0.25) is 5.91 Å². The van der Waals surface area contributed by atoms with E-state index in [2.05, 4.69) is 25.0 Å². The van der Waals surface area contributed by atoms with E-state index in [-0.39, 0.29) is 5.91 Å². The second-order valence-electron chi connectivity index (χ2n) is 7.18. The number of carbonyl (C=O) groups excluding carboxylic acids is 2. The molecule has 0 bridgehead atoms. The molecule has 2 N–H and O–H groups in total. The minimum absolute atomic E-state index is 0.309. The van der Waals surface area contributed by atoms with E-state index in [9.17, 15) is 14.7 Å². The summed E-state index contributed by atoms with van der Waals surface area (Å²) >= 11 is 0. The topological polar surface area (TPSA) is 94.1 Å². The van der Waals surface area contributed by atoms with Crippen molar-refractivity contribution in [2.24, 2.45) is 0 Å². The standard InChI is InChI=1S/C15H29NO6Si/c1-9-13(19)14(22-11(3)18)12(16-10(2)17)15(21-9)20-7-8-23(4,5)6/h9,12-15,19H,7-8H2,1-6H3,(H,16,17)/t9-,12-,13-,14-,15-/m1/s1. The molecule has 1 aliphatic heterocycles. The maximum Gasteiger partial charge on any atom is 0.303 e. The highest BCUT2D eigenvalue weighted by Crippen LogP contribution is 2.25. The number of carbonyl (C=O) groups is 2. The summed E-state index contributed by atoms with van der Waals surface area (Å²) in [4.78, 5) is 22.8. The minimum Gasteiger partial charge on any atom is -0.457 e. The van der Waals surface area contributed by atoms with Gasteiger partial charge in [-0.3, -0.25) is 9.59 Å². The highest BCUT2D eigenvalue weighted by atomic mass is 28.3. The number of rotatable bonds is 6. The highest BCUT2D eigenvalue weighted by Gasteiger charge is 2.46. The molecule has 7 nitrogen and oxygen atoms in total. The first-order chi connectivity index (χ1) is 10.5. The van der Waals surface area contributed by atoms with Crippen LogP contribution in [0.3, 0.4) is 0 Å². The fraction of sp³-hybridized carbons (Fsp3) is 0.867. The molecule has 0 aromatic carbocycles. The Bertz CT molecular complexity index is 425. The Kier molecular flexibility index (Phi) is 7.18. The molecule has 0 radical (unpaired) electrons. The van der Waals surface area contributed by atoms with Crippen LogP contribution >= 0.6 is 0 Å². The Morgan fingerprint density at radius 1 is 1.26 bits per heavy atom. The maximum absolute atomic E-state index is 11.5.